The van der Waals surface area contributed by atoms with Gasteiger partial charge in [-0.2, -0.15) is 0 Å². The molecule has 3 rings (SSSR count). The van der Waals surface area contributed by atoms with E-state index in [0.29, 0.717) is 24.5 Å². The number of H-pyrrole nitrogens is 1. The first-order valence-corrected chi connectivity index (χ1v) is 7.64. The predicted molar refractivity (Wildman–Crippen MR) is 84.0 cm³/mol. The van der Waals surface area contributed by atoms with Crippen LogP contribution in [0.5, 0.6) is 0 Å². The van der Waals surface area contributed by atoms with Gasteiger partial charge < -0.3 is 14.6 Å². The third-order valence-electron chi connectivity index (χ3n) is 3.94. The number of nitrogens with one attached hydrogen (secondary N) is 2. The summed E-state index contributed by atoms with van der Waals surface area (Å²) in [5.74, 6) is 0.812. The van der Waals surface area contributed by atoms with Gasteiger partial charge >= 0.3 is 0 Å². The Kier molecular flexibility index (Phi) is 4.23. The summed E-state index contributed by atoms with van der Waals surface area (Å²) < 4.78 is 7.97. The van der Waals surface area contributed by atoms with Crippen molar-refractivity contribution in [3.05, 3.63) is 33.3 Å². The number of anilines is 1. The highest BCUT2D eigenvalue weighted by atomic mass is 32.1. The summed E-state index contributed by atoms with van der Waals surface area (Å²) in [6.07, 6.45) is 4.28. The van der Waals surface area contributed by atoms with Crippen LogP contribution in [0.3, 0.4) is 0 Å². The molecule has 1 aromatic heterocycles. The summed E-state index contributed by atoms with van der Waals surface area (Å²) in [5, 5.41) is 3.32. The van der Waals surface area contributed by atoms with E-state index in [1.54, 1.807) is 6.08 Å². The number of aromatic nitrogens is 2. The molecule has 0 unspecified atom stereocenters. The van der Waals surface area contributed by atoms with Gasteiger partial charge in [-0.15, -0.1) is 6.58 Å². The summed E-state index contributed by atoms with van der Waals surface area (Å²) >= 11 is 5.22. The van der Waals surface area contributed by atoms with Crippen molar-refractivity contribution in [3.8, 4) is 0 Å². The van der Waals surface area contributed by atoms with E-state index in [9.17, 15) is 4.79 Å². The fourth-order valence-corrected chi connectivity index (χ4v) is 3.19. The first-order chi connectivity index (χ1) is 10.2. The van der Waals surface area contributed by atoms with Crippen molar-refractivity contribution in [2.45, 2.75) is 32.0 Å². The van der Waals surface area contributed by atoms with Crippen LogP contribution in [-0.2, 0) is 17.8 Å². The normalized spacial score (nSPS) is 21.8. The maximum Gasteiger partial charge on any atom is 0.258 e. The van der Waals surface area contributed by atoms with E-state index in [-0.39, 0.29) is 11.7 Å². The maximum absolute atomic E-state index is 12.2. The van der Waals surface area contributed by atoms with Crippen LogP contribution in [0.4, 0.5) is 5.82 Å². The second-order valence-corrected chi connectivity index (χ2v) is 5.85. The SMILES string of the molecule is C=CCn1c2c(c(=O)[nH]c1=S)CN(C[C@H]1CCCO1)CN2. The van der Waals surface area contributed by atoms with Crippen LogP contribution in [0.1, 0.15) is 18.4 Å². The summed E-state index contributed by atoms with van der Waals surface area (Å²) in [6.45, 7) is 7.33. The predicted octanol–water partition coefficient (Wildman–Crippen LogP) is 1.46. The van der Waals surface area contributed by atoms with E-state index in [2.05, 4.69) is 21.8 Å². The number of aromatic amines is 1. The molecule has 7 heteroatoms. The average Bonchev–Trinajstić information content (AvgIpc) is 2.96. The Bertz CT molecular complexity index is 645. The van der Waals surface area contributed by atoms with Crippen LogP contribution in [0, 0.1) is 4.77 Å². The number of ether oxygens (including phenoxy) is 1. The van der Waals surface area contributed by atoms with Crippen LogP contribution < -0.4 is 10.9 Å². The highest BCUT2D eigenvalue weighted by Gasteiger charge is 2.25. The molecule has 114 valence electrons. The lowest BCUT2D eigenvalue weighted by Crippen LogP contribution is -2.42. The zero-order chi connectivity index (χ0) is 14.8. The first kappa shape index (κ1) is 14.5. The maximum atomic E-state index is 12.2. The molecule has 0 saturated carbocycles. The molecule has 0 amide bonds. The summed E-state index contributed by atoms with van der Waals surface area (Å²) in [7, 11) is 0. The van der Waals surface area contributed by atoms with Crippen molar-refractivity contribution in [2.24, 2.45) is 0 Å². The molecule has 1 fully saturated rings. The van der Waals surface area contributed by atoms with Gasteiger partial charge in [-0.25, -0.2) is 0 Å². The van der Waals surface area contributed by atoms with Gasteiger partial charge in [-0.05, 0) is 25.1 Å². The van der Waals surface area contributed by atoms with Crippen LogP contribution in [-0.4, -0.2) is 40.4 Å². The Morgan fingerprint density at radius 2 is 2.38 bits per heavy atom. The molecule has 1 atom stereocenters. The van der Waals surface area contributed by atoms with E-state index in [1.807, 2.05) is 4.57 Å². The minimum atomic E-state index is -0.111. The van der Waals surface area contributed by atoms with Crippen molar-refractivity contribution in [1.82, 2.24) is 14.5 Å². The number of allylic oxidation sites excluding steroid dienone is 1. The van der Waals surface area contributed by atoms with E-state index >= 15 is 0 Å². The molecule has 1 saturated heterocycles. The van der Waals surface area contributed by atoms with Crippen LogP contribution >= 0.6 is 12.2 Å². The highest BCUT2D eigenvalue weighted by Crippen LogP contribution is 2.21. The van der Waals surface area contributed by atoms with E-state index < -0.39 is 0 Å². The third-order valence-corrected chi connectivity index (χ3v) is 4.27. The Morgan fingerprint density at radius 1 is 1.52 bits per heavy atom. The Labute approximate surface area is 128 Å². The van der Waals surface area contributed by atoms with E-state index in [1.165, 1.54) is 0 Å². The van der Waals surface area contributed by atoms with Gasteiger partial charge in [0.25, 0.3) is 5.56 Å². The lowest BCUT2D eigenvalue weighted by molar-refractivity contribution is 0.0716. The zero-order valence-corrected chi connectivity index (χ0v) is 12.7. The van der Waals surface area contributed by atoms with E-state index in [4.69, 9.17) is 17.0 Å². The molecule has 3 heterocycles. The Hall–Kier alpha value is -1.44. The Morgan fingerprint density at radius 3 is 3.10 bits per heavy atom. The molecule has 6 nitrogen and oxygen atoms in total. The molecule has 1 aromatic rings. The van der Waals surface area contributed by atoms with Gasteiger partial charge in [0, 0.05) is 26.2 Å². The van der Waals surface area contributed by atoms with Crippen molar-refractivity contribution in [3.63, 3.8) is 0 Å². The molecule has 0 radical (unpaired) electrons. The molecule has 21 heavy (non-hydrogen) atoms. The topological polar surface area (TPSA) is 62.3 Å². The summed E-state index contributed by atoms with van der Waals surface area (Å²) in [4.78, 5) is 17.1. The van der Waals surface area contributed by atoms with Crippen LogP contribution in [0.25, 0.3) is 0 Å². The van der Waals surface area contributed by atoms with Crippen LogP contribution in [0.15, 0.2) is 17.4 Å². The monoisotopic (exact) mass is 308 g/mol. The van der Waals surface area contributed by atoms with E-state index in [0.717, 1.165) is 37.4 Å². The average molecular weight is 308 g/mol. The molecule has 0 bridgehead atoms. The van der Waals surface area contributed by atoms with Crippen molar-refractivity contribution in [1.29, 1.82) is 0 Å². The fraction of sp³-hybridized carbons (Fsp3) is 0.571. The molecule has 0 aliphatic carbocycles. The van der Waals surface area contributed by atoms with Gasteiger partial charge in [0.2, 0.25) is 0 Å². The molecule has 0 aromatic carbocycles. The molecule has 2 aliphatic rings. The van der Waals surface area contributed by atoms with Gasteiger partial charge in [-0.1, -0.05) is 6.08 Å². The van der Waals surface area contributed by atoms with Crippen molar-refractivity contribution in [2.75, 3.05) is 25.1 Å². The van der Waals surface area contributed by atoms with Crippen molar-refractivity contribution >= 4 is 18.0 Å². The fourth-order valence-electron chi connectivity index (χ4n) is 2.94. The lowest BCUT2D eigenvalue weighted by Gasteiger charge is -2.32. The second kappa shape index (κ2) is 6.13. The summed E-state index contributed by atoms with van der Waals surface area (Å²) in [5.41, 5.74) is 0.620. The summed E-state index contributed by atoms with van der Waals surface area (Å²) in [6, 6.07) is 0. The first-order valence-electron chi connectivity index (χ1n) is 7.23. The molecular formula is C14H20N4O2S. The van der Waals surface area contributed by atoms with Crippen molar-refractivity contribution < 1.29 is 4.74 Å². The smallest absolute Gasteiger partial charge is 0.258 e. The number of nitrogens with zero attached hydrogens (tertiary/aromatic N) is 2. The van der Waals surface area contributed by atoms with Gasteiger partial charge in [0.1, 0.15) is 5.82 Å². The zero-order valence-electron chi connectivity index (χ0n) is 11.9. The Balaban J connectivity index is 1.85. The molecule has 2 N–H and O–H groups in total. The minimum absolute atomic E-state index is 0.111. The molecular weight excluding hydrogens is 288 g/mol. The number of rotatable bonds is 4. The number of fused-ring (bicyclic) bond motifs is 1. The quantitative estimate of drug-likeness (QED) is 0.651. The number of hydrogen-bond acceptors (Lipinski definition) is 5. The lowest BCUT2D eigenvalue weighted by atomic mass is 10.2. The number of hydrogen-bond donors (Lipinski definition) is 2. The van der Waals surface area contributed by atoms with Gasteiger partial charge in [-0.3, -0.25) is 14.7 Å². The highest BCUT2D eigenvalue weighted by molar-refractivity contribution is 7.71. The van der Waals surface area contributed by atoms with Gasteiger partial charge in [0.05, 0.1) is 18.3 Å². The largest absolute Gasteiger partial charge is 0.377 e. The minimum Gasteiger partial charge on any atom is -0.377 e. The molecule has 2 aliphatic heterocycles. The van der Waals surface area contributed by atoms with Crippen LogP contribution in [0.2, 0.25) is 0 Å². The third kappa shape index (κ3) is 2.95. The molecule has 0 spiro atoms. The second-order valence-electron chi connectivity index (χ2n) is 5.47. The van der Waals surface area contributed by atoms with Gasteiger partial charge in [0.15, 0.2) is 4.77 Å². The standard InChI is InChI=1S/C14H20N4O2S/c1-2-5-18-12-11(13(19)16-14(18)21)8-17(9-15-12)7-10-4-3-6-20-10/h2,10,15H,1,3-9H2,(H,16,19,21)/t10-/m1/s1.